The van der Waals surface area contributed by atoms with Crippen molar-refractivity contribution in [2.75, 3.05) is 20.7 Å². The van der Waals surface area contributed by atoms with Crippen molar-refractivity contribution in [2.24, 2.45) is 13.0 Å². The number of rotatable bonds is 6. The van der Waals surface area contributed by atoms with Gasteiger partial charge in [0.2, 0.25) is 11.8 Å². The monoisotopic (exact) mass is 343 g/mol. The van der Waals surface area contributed by atoms with Crippen LogP contribution in [0.3, 0.4) is 0 Å². The molecule has 3 heterocycles. The molecule has 0 aliphatic carbocycles. The maximum Gasteiger partial charge on any atom is 0.222 e. The molecule has 1 N–H and O–H groups in total. The van der Waals surface area contributed by atoms with Gasteiger partial charge in [0.25, 0.3) is 0 Å². The average molecular weight is 343 g/mol. The third-order valence-corrected chi connectivity index (χ3v) is 4.85. The van der Waals surface area contributed by atoms with Gasteiger partial charge in [0, 0.05) is 58.3 Å². The molecule has 1 fully saturated rings. The smallest absolute Gasteiger partial charge is 0.222 e. The van der Waals surface area contributed by atoms with Crippen LogP contribution >= 0.6 is 0 Å². The Morgan fingerprint density at radius 3 is 2.80 bits per heavy atom. The summed E-state index contributed by atoms with van der Waals surface area (Å²) in [5.41, 5.74) is 1.11. The van der Waals surface area contributed by atoms with Crippen LogP contribution in [0.15, 0.2) is 30.7 Å². The van der Waals surface area contributed by atoms with E-state index in [1.165, 1.54) is 0 Å². The average Bonchev–Trinajstić information content (AvgIpc) is 3.04. The molecule has 0 spiro atoms. The highest BCUT2D eigenvalue weighted by molar-refractivity contribution is 5.77. The maximum absolute atomic E-state index is 12.2. The molecule has 3 rings (SSSR count). The second kappa shape index (κ2) is 7.65. The third kappa shape index (κ3) is 3.82. The molecule has 2 aromatic heterocycles. The van der Waals surface area contributed by atoms with Crippen LogP contribution in [-0.2, 0) is 18.4 Å². The van der Waals surface area contributed by atoms with E-state index in [2.05, 4.69) is 15.3 Å². The van der Waals surface area contributed by atoms with E-state index in [0.29, 0.717) is 18.2 Å². The minimum Gasteiger partial charge on any atom is -0.481 e. The standard InChI is InChI=1S/C18H25N5O2/c1-22-9-8-20-18(22)17-14(5-7-16(24)23(17)2)12-19-10-13-4-6-15(25-3)21-11-13/h4,6,8-9,11,14,17,19H,5,7,10,12H2,1-3H3/t14-,17+/m1/s1. The highest BCUT2D eigenvalue weighted by Crippen LogP contribution is 2.34. The van der Waals surface area contributed by atoms with Crippen LogP contribution in [0.5, 0.6) is 5.88 Å². The molecule has 0 unspecified atom stereocenters. The number of carbonyl (C=O) groups excluding carboxylic acids is 1. The second-order valence-corrected chi connectivity index (χ2v) is 6.48. The number of amides is 1. The quantitative estimate of drug-likeness (QED) is 0.861. The van der Waals surface area contributed by atoms with Crippen molar-refractivity contribution in [1.82, 2.24) is 24.8 Å². The lowest BCUT2D eigenvalue weighted by molar-refractivity contribution is -0.137. The summed E-state index contributed by atoms with van der Waals surface area (Å²) in [4.78, 5) is 22.7. The Morgan fingerprint density at radius 2 is 2.16 bits per heavy atom. The summed E-state index contributed by atoms with van der Waals surface area (Å²) < 4.78 is 7.08. The van der Waals surface area contributed by atoms with Crippen molar-refractivity contribution >= 4 is 5.91 Å². The second-order valence-electron chi connectivity index (χ2n) is 6.48. The molecule has 7 heteroatoms. The lowest BCUT2D eigenvalue weighted by Gasteiger charge is -2.38. The Labute approximate surface area is 148 Å². The SMILES string of the molecule is COc1ccc(CNC[C@H]2CCC(=O)N(C)[C@@H]2c2nccn2C)cn1. The summed E-state index contributed by atoms with van der Waals surface area (Å²) in [7, 11) is 5.46. The summed E-state index contributed by atoms with van der Waals surface area (Å²) >= 11 is 0. The first kappa shape index (κ1) is 17.4. The van der Waals surface area contributed by atoms with Gasteiger partial charge in [0.1, 0.15) is 5.82 Å². The molecule has 0 radical (unpaired) electrons. The van der Waals surface area contributed by atoms with Gasteiger partial charge in [-0.2, -0.15) is 0 Å². The Balaban J connectivity index is 1.64. The minimum absolute atomic E-state index is 0.00254. The van der Waals surface area contributed by atoms with Crippen LogP contribution in [0.2, 0.25) is 0 Å². The van der Waals surface area contributed by atoms with E-state index in [4.69, 9.17) is 4.74 Å². The van der Waals surface area contributed by atoms with Gasteiger partial charge in [-0.3, -0.25) is 4.79 Å². The summed E-state index contributed by atoms with van der Waals surface area (Å²) in [6, 6.07) is 3.87. The summed E-state index contributed by atoms with van der Waals surface area (Å²) in [6.45, 7) is 1.56. The number of hydrogen-bond donors (Lipinski definition) is 1. The minimum atomic E-state index is 0.00254. The number of pyridine rings is 1. The van der Waals surface area contributed by atoms with Crippen molar-refractivity contribution < 1.29 is 9.53 Å². The van der Waals surface area contributed by atoms with Crippen LogP contribution in [0.1, 0.15) is 30.3 Å². The van der Waals surface area contributed by atoms with E-state index in [-0.39, 0.29) is 11.9 Å². The van der Waals surface area contributed by atoms with Crippen molar-refractivity contribution in [2.45, 2.75) is 25.4 Å². The molecule has 1 aliphatic rings. The van der Waals surface area contributed by atoms with Crippen LogP contribution in [0.4, 0.5) is 0 Å². The lowest BCUT2D eigenvalue weighted by Crippen LogP contribution is -2.44. The fraction of sp³-hybridized carbons (Fsp3) is 0.500. The van der Waals surface area contributed by atoms with Crippen molar-refractivity contribution in [3.8, 4) is 5.88 Å². The topological polar surface area (TPSA) is 72.3 Å². The van der Waals surface area contributed by atoms with Crippen LogP contribution in [0.25, 0.3) is 0 Å². The molecule has 0 aromatic carbocycles. The molecule has 134 valence electrons. The van der Waals surface area contributed by atoms with Crippen molar-refractivity contribution in [3.05, 3.63) is 42.1 Å². The number of piperidine rings is 1. The molecule has 7 nitrogen and oxygen atoms in total. The Hall–Kier alpha value is -2.41. The van der Waals surface area contributed by atoms with Crippen LogP contribution in [-0.4, -0.2) is 46.0 Å². The molecule has 2 aromatic rings. The number of ether oxygens (including phenoxy) is 1. The number of imidazole rings is 1. The van der Waals surface area contributed by atoms with E-state index in [9.17, 15) is 4.79 Å². The number of hydrogen-bond acceptors (Lipinski definition) is 5. The van der Waals surface area contributed by atoms with Crippen LogP contribution < -0.4 is 10.1 Å². The largest absolute Gasteiger partial charge is 0.481 e. The van der Waals surface area contributed by atoms with Gasteiger partial charge >= 0.3 is 0 Å². The molecule has 0 saturated carbocycles. The molecule has 25 heavy (non-hydrogen) atoms. The molecule has 1 aliphatic heterocycles. The van der Waals surface area contributed by atoms with Gasteiger partial charge in [0.15, 0.2) is 0 Å². The fourth-order valence-electron chi connectivity index (χ4n) is 3.41. The van der Waals surface area contributed by atoms with E-state index in [1.807, 2.05) is 48.1 Å². The van der Waals surface area contributed by atoms with Crippen molar-refractivity contribution in [1.29, 1.82) is 0 Å². The first-order valence-electron chi connectivity index (χ1n) is 8.52. The maximum atomic E-state index is 12.2. The molecule has 1 amide bonds. The highest BCUT2D eigenvalue weighted by Gasteiger charge is 2.36. The number of carbonyl (C=O) groups is 1. The van der Waals surface area contributed by atoms with E-state index in [1.54, 1.807) is 13.3 Å². The zero-order chi connectivity index (χ0) is 17.8. The summed E-state index contributed by atoms with van der Waals surface area (Å²) in [5.74, 6) is 2.07. The predicted molar refractivity (Wildman–Crippen MR) is 93.9 cm³/mol. The number of nitrogens with one attached hydrogen (secondary N) is 1. The Bertz CT molecular complexity index is 713. The number of aromatic nitrogens is 3. The van der Waals surface area contributed by atoms with Gasteiger partial charge in [-0.25, -0.2) is 9.97 Å². The fourth-order valence-corrected chi connectivity index (χ4v) is 3.41. The highest BCUT2D eigenvalue weighted by atomic mass is 16.5. The van der Waals surface area contributed by atoms with Gasteiger partial charge < -0.3 is 19.5 Å². The first-order chi connectivity index (χ1) is 12.1. The van der Waals surface area contributed by atoms with E-state index in [0.717, 1.165) is 30.9 Å². The normalized spacial score (nSPS) is 20.8. The lowest BCUT2D eigenvalue weighted by atomic mass is 9.88. The van der Waals surface area contributed by atoms with E-state index < -0.39 is 0 Å². The number of nitrogens with zero attached hydrogens (tertiary/aromatic N) is 4. The van der Waals surface area contributed by atoms with Crippen molar-refractivity contribution in [3.63, 3.8) is 0 Å². The Kier molecular flexibility index (Phi) is 5.33. The number of likely N-dealkylation sites (tertiary alicyclic amines) is 1. The predicted octanol–water partition coefficient (Wildman–Crippen LogP) is 1.52. The molecule has 0 bridgehead atoms. The summed E-state index contributed by atoms with van der Waals surface area (Å²) in [5, 5.41) is 3.50. The number of methoxy groups -OCH3 is 1. The van der Waals surface area contributed by atoms with Gasteiger partial charge in [-0.15, -0.1) is 0 Å². The summed E-state index contributed by atoms with van der Waals surface area (Å²) in [6.07, 6.45) is 6.99. The number of aryl methyl sites for hydroxylation is 1. The molecular formula is C18H25N5O2. The third-order valence-electron chi connectivity index (χ3n) is 4.85. The molecule has 2 atom stereocenters. The van der Waals surface area contributed by atoms with Gasteiger partial charge in [-0.05, 0) is 17.9 Å². The van der Waals surface area contributed by atoms with Gasteiger partial charge in [-0.1, -0.05) is 6.07 Å². The Morgan fingerprint density at radius 1 is 1.32 bits per heavy atom. The van der Waals surface area contributed by atoms with Gasteiger partial charge in [0.05, 0.1) is 13.2 Å². The zero-order valence-corrected chi connectivity index (χ0v) is 15.0. The molecule has 1 saturated heterocycles. The zero-order valence-electron chi connectivity index (χ0n) is 15.0. The van der Waals surface area contributed by atoms with Crippen LogP contribution in [0, 0.1) is 5.92 Å². The van der Waals surface area contributed by atoms with E-state index >= 15 is 0 Å². The molecular weight excluding hydrogens is 318 g/mol. The first-order valence-corrected chi connectivity index (χ1v) is 8.52.